The fourth-order valence-electron chi connectivity index (χ4n) is 2.59. The minimum atomic E-state index is -4.55. The highest BCUT2D eigenvalue weighted by molar-refractivity contribution is 5.62. The van der Waals surface area contributed by atoms with E-state index in [9.17, 15) is 13.2 Å². The lowest BCUT2D eigenvalue weighted by atomic mass is 10.1. The van der Waals surface area contributed by atoms with Crippen LogP contribution in [0.3, 0.4) is 0 Å². The van der Waals surface area contributed by atoms with Crippen LogP contribution in [-0.4, -0.2) is 36.3 Å². The van der Waals surface area contributed by atoms with Gasteiger partial charge in [-0.3, -0.25) is 0 Å². The molecule has 1 aliphatic rings. The first-order chi connectivity index (χ1) is 12.0. The van der Waals surface area contributed by atoms with Crippen LogP contribution in [0, 0.1) is 0 Å². The van der Waals surface area contributed by atoms with Crippen LogP contribution in [-0.2, 0) is 10.9 Å². The van der Waals surface area contributed by atoms with Gasteiger partial charge >= 0.3 is 6.18 Å². The van der Waals surface area contributed by atoms with Gasteiger partial charge in [0.05, 0.1) is 18.9 Å². The van der Waals surface area contributed by atoms with Crippen molar-refractivity contribution in [1.82, 2.24) is 9.97 Å². The van der Waals surface area contributed by atoms with Gasteiger partial charge in [-0.15, -0.1) is 0 Å². The number of ether oxygens (including phenoxy) is 2. The Morgan fingerprint density at radius 2 is 2.00 bits per heavy atom. The standard InChI is InChI=1S/C17H18F3N3O2/c1-24-12-6-4-11(5-7-12)14-9-15(17(18,19)20)23-16(22-14)21-10-13-3-2-8-25-13/h4-7,9,13H,2-3,8,10H2,1H3,(H,21,22,23)/t13-/m1/s1. The first-order valence-electron chi connectivity index (χ1n) is 7.92. The zero-order chi connectivity index (χ0) is 17.9. The maximum atomic E-state index is 13.2. The third kappa shape index (κ3) is 4.39. The Kier molecular flexibility index (Phi) is 5.08. The fourth-order valence-corrected chi connectivity index (χ4v) is 2.59. The Morgan fingerprint density at radius 3 is 2.60 bits per heavy atom. The summed E-state index contributed by atoms with van der Waals surface area (Å²) in [5.74, 6) is 0.557. The summed E-state index contributed by atoms with van der Waals surface area (Å²) < 4.78 is 50.0. The molecule has 1 aliphatic heterocycles. The van der Waals surface area contributed by atoms with Gasteiger partial charge in [0, 0.05) is 18.7 Å². The molecule has 1 fully saturated rings. The van der Waals surface area contributed by atoms with Crippen molar-refractivity contribution in [3.63, 3.8) is 0 Å². The number of alkyl halides is 3. The number of hydrogen-bond donors (Lipinski definition) is 1. The average molecular weight is 353 g/mol. The van der Waals surface area contributed by atoms with Crippen molar-refractivity contribution in [2.45, 2.75) is 25.1 Å². The van der Waals surface area contributed by atoms with Crippen molar-refractivity contribution in [2.75, 3.05) is 25.6 Å². The molecule has 1 saturated heterocycles. The quantitative estimate of drug-likeness (QED) is 0.887. The molecule has 1 N–H and O–H groups in total. The lowest BCUT2D eigenvalue weighted by Gasteiger charge is -2.14. The second kappa shape index (κ2) is 7.26. The Labute approximate surface area is 143 Å². The van der Waals surface area contributed by atoms with Gasteiger partial charge in [-0.05, 0) is 43.2 Å². The van der Waals surface area contributed by atoms with Gasteiger partial charge in [0.2, 0.25) is 5.95 Å². The van der Waals surface area contributed by atoms with E-state index >= 15 is 0 Å². The zero-order valence-corrected chi connectivity index (χ0v) is 13.6. The van der Waals surface area contributed by atoms with Crippen LogP contribution < -0.4 is 10.1 Å². The average Bonchev–Trinajstić information content (AvgIpc) is 3.12. The molecule has 2 aromatic rings. The molecule has 0 bridgehead atoms. The van der Waals surface area contributed by atoms with Crippen molar-refractivity contribution < 1.29 is 22.6 Å². The molecule has 3 rings (SSSR count). The van der Waals surface area contributed by atoms with Crippen molar-refractivity contribution in [2.24, 2.45) is 0 Å². The summed E-state index contributed by atoms with van der Waals surface area (Å²) in [6.07, 6.45) is -2.75. The van der Waals surface area contributed by atoms with Gasteiger partial charge in [0.15, 0.2) is 5.69 Å². The molecule has 1 aromatic heterocycles. The van der Waals surface area contributed by atoms with Gasteiger partial charge in [0.1, 0.15) is 5.75 Å². The first-order valence-corrected chi connectivity index (χ1v) is 7.92. The van der Waals surface area contributed by atoms with E-state index in [1.54, 1.807) is 24.3 Å². The highest BCUT2D eigenvalue weighted by atomic mass is 19.4. The molecule has 0 unspecified atom stereocenters. The van der Waals surface area contributed by atoms with Gasteiger partial charge < -0.3 is 14.8 Å². The number of nitrogens with one attached hydrogen (secondary N) is 1. The van der Waals surface area contributed by atoms with Crippen LogP contribution in [0.25, 0.3) is 11.3 Å². The van der Waals surface area contributed by atoms with E-state index in [1.807, 2.05) is 0 Å². The van der Waals surface area contributed by atoms with Crippen LogP contribution in [0.5, 0.6) is 5.75 Å². The molecule has 1 atom stereocenters. The summed E-state index contributed by atoms with van der Waals surface area (Å²) in [4.78, 5) is 7.81. The minimum Gasteiger partial charge on any atom is -0.497 e. The maximum Gasteiger partial charge on any atom is 0.433 e. The molecule has 5 nitrogen and oxygen atoms in total. The number of hydrogen-bond acceptors (Lipinski definition) is 5. The maximum absolute atomic E-state index is 13.2. The Hall–Kier alpha value is -2.35. The largest absolute Gasteiger partial charge is 0.497 e. The lowest BCUT2D eigenvalue weighted by molar-refractivity contribution is -0.141. The van der Waals surface area contributed by atoms with Crippen LogP contribution in [0.2, 0.25) is 0 Å². The SMILES string of the molecule is COc1ccc(-c2cc(C(F)(F)F)nc(NC[C@H]3CCCO3)n2)cc1. The van der Waals surface area contributed by atoms with Gasteiger partial charge in [-0.25, -0.2) is 9.97 Å². The van der Waals surface area contributed by atoms with Gasteiger partial charge in [0.25, 0.3) is 0 Å². The van der Waals surface area contributed by atoms with E-state index < -0.39 is 11.9 Å². The first kappa shape index (κ1) is 17.5. The third-order valence-corrected chi connectivity index (χ3v) is 3.91. The monoisotopic (exact) mass is 353 g/mol. The number of methoxy groups -OCH3 is 1. The topological polar surface area (TPSA) is 56.3 Å². The molecule has 134 valence electrons. The summed E-state index contributed by atoms with van der Waals surface area (Å²) in [5, 5.41) is 2.86. The molecular weight excluding hydrogens is 335 g/mol. The summed E-state index contributed by atoms with van der Waals surface area (Å²) >= 11 is 0. The number of benzene rings is 1. The number of aromatic nitrogens is 2. The molecule has 0 aliphatic carbocycles. The number of halogens is 3. The predicted molar refractivity (Wildman–Crippen MR) is 86.5 cm³/mol. The van der Waals surface area contributed by atoms with Crippen molar-refractivity contribution >= 4 is 5.95 Å². The van der Waals surface area contributed by atoms with Crippen molar-refractivity contribution in [3.05, 3.63) is 36.0 Å². The number of rotatable bonds is 5. The predicted octanol–water partition coefficient (Wildman–Crippen LogP) is 3.76. The fraction of sp³-hybridized carbons (Fsp3) is 0.412. The zero-order valence-electron chi connectivity index (χ0n) is 13.6. The summed E-state index contributed by atoms with van der Waals surface area (Å²) in [7, 11) is 1.52. The highest BCUT2D eigenvalue weighted by Crippen LogP contribution is 2.31. The summed E-state index contributed by atoms with van der Waals surface area (Å²) in [6.45, 7) is 1.05. The molecular formula is C17H18F3N3O2. The molecule has 2 heterocycles. The van der Waals surface area contributed by atoms with Crippen molar-refractivity contribution in [1.29, 1.82) is 0 Å². The smallest absolute Gasteiger partial charge is 0.433 e. The van der Waals surface area contributed by atoms with Crippen molar-refractivity contribution in [3.8, 4) is 17.0 Å². The second-order valence-corrected chi connectivity index (χ2v) is 5.70. The summed E-state index contributed by atoms with van der Waals surface area (Å²) in [6, 6.07) is 7.60. The van der Waals surface area contributed by atoms with E-state index in [0.29, 0.717) is 24.5 Å². The molecule has 0 spiro atoms. The summed E-state index contributed by atoms with van der Waals surface area (Å²) in [5.41, 5.74) is -0.239. The highest BCUT2D eigenvalue weighted by Gasteiger charge is 2.34. The van der Waals surface area contributed by atoms with E-state index in [1.165, 1.54) is 7.11 Å². The Bertz CT molecular complexity index is 714. The lowest BCUT2D eigenvalue weighted by Crippen LogP contribution is -2.21. The van der Waals surface area contributed by atoms with E-state index in [0.717, 1.165) is 18.9 Å². The van der Waals surface area contributed by atoms with Crippen LogP contribution in [0.4, 0.5) is 19.1 Å². The third-order valence-electron chi connectivity index (χ3n) is 3.91. The molecule has 0 saturated carbocycles. The molecule has 25 heavy (non-hydrogen) atoms. The number of anilines is 1. The molecule has 0 radical (unpaired) electrons. The normalized spacial score (nSPS) is 17.5. The van der Waals surface area contributed by atoms with E-state index in [2.05, 4.69) is 15.3 Å². The van der Waals surface area contributed by atoms with Crippen LogP contribution in [0.1, 0.15) is 18.5 Å². The second-order valence-electron chi connectivity index (χ2n) is 5.70. The van der Waals surface area contributed by atoms with E-state index in [4.69, 9.17) is 9.47 Å². The number of nitrogens with zero attached hydrogens (tertiary/aromatic N) is 2. The van der Waals surface area contributed by atoms with Gasteiger partial charge in [-0.2, -0.15) is 13.2 Å². The Morgan fingerprint density at radius 1 is 1.24 bits per heavy atom. The molecule has 1 aromatic carbocycles. The van der Waals surface area contributed by atoms with Crippen LogP contribution in [0.15, 0.2) is 30.3 Å². The molecule has 8 heteroatoms. The minimum absolute atomic E-state index is 0.0254. The van der Waals surface area contributed by atoms with Gasteiger partial charge in [-0.1, -0.05) is 0 Å². The Balaban J connectivity index is 1.88. The van der Waals surface area contributed by atoms with Crippen LogP contribution >= 0.6 is 0 Å². The van der Waals surface area contributed by atoms with E-state index in [-0.39, 0.29) is 17.7 Å². The molecule has 0 amide bonds.